The largest absolute Gasteiger partial charge is 0.394 e. The first kappa shape index (κ1) is 26.0. The smallest absolute Gasteiger partial charge is 0.257 e. The lowest BCUT2D eigenvalue weighted by atomic mass is 10.1. The number of halogens is 7. The number of nitrogens with one attached hydrogen (secondary N) is 2. The van der Waals surface area contributed by atoms with Crippen LogP contribution in [0.3, 0.4) is 0 Å². The summed E-state index contributed by atoms with van der Waals surface area (Å²) in [6.07, 6.45) is 0. The lowest BCUT2D eigenvalue weighted by Gasteiger charge is -2.11. The molecule has 3 aromatic rings. The summed E-state index contributed by atoms with van der Waals surface area (Å²) in [5.74, 6) is -4.64. The third-order valence-corrected chi connectivity index (χ3v) is 7.99. The maximum Gasteiger partial charge on any atom is 0.257 e. The van der Waals surface area contributed by atoms with E-state index in [0.29, 0.717) is 15.1 Å². The van der Waals surface area contributed by atoms with Crippen molar-refractivity contribution in [1.29, 1.82) is 0 Å². The lowest BCUT2D eigenvalue weighted by molar-refractivity contribution is -0.117. The molecule has 0 saturated heterocycles. The molecule has 0 radical (unpaired) electrons. The number of rotatable bonds is 5. The number of hydrogen-bond acceptors (Lipinski definition) is 3. The Hall–Kier alpha value is -2.10. The monoisotopic (exact) mass is 621 g/mol. The van der Waals surface area contributed by atoms with E-state index in [1.807, 2.05) is 0 Å². The normalized spacial score (nSPS) is 18.1. The molecule has 1 saturated carbocycles. The number of amides is 2. The van der Waals surface area contributed by atoms with Crippen LogP contribution in [-0.4, -0.2) is 16.1 Å². The number of carbonyl (C=O) groups excluding carboxylic acids is 2. The second-order valence-corrected chi connectivity index (χ2v) is 10.9. The number of carbonyl (C=O) groups is 2. The summed E-state index contributed by atoms with van der Waals surface area (Å²) < 4.78 is 26.9. The molecule has 3 aromatic carbocycles. The second kappa shape index (κ2) is 9.75. The number of benzene rings is 3. The summed E-state index contributed by atoms with van der Waals surface area (Å²) in [5, 5.41) is 5.44. The van der Waals surface area contributed by atoms with E-state index < -0.39 is 45.3 Å². The summed E-state index contributed by atoms with van der Waals surface area (Å²) in [5.41, 5.74) is 5.12. The third-order valence-electron chi connectivity index (χ3n) is 5.49. The predicted molar refractivity (Wildman–Crippen MR) is 139 cm³/mol. The van der Waals surface area contributed by atoms with Crippen LogP contribution in [0.1, 0.15) is 21.8 Å². The number of nitrogen functional groups attached to an aromatic ring is 1. The van der Waals surface area contributed by atoms with E-state index >= 15 is 0 Å². The minimum atomic E-state index is -1.35. The summed E-state index contributed by atoms with van der Waals surface area (Å²) >= 11 is 28.4. The Bertz CT molecular complexity index is 1370. The first-order valence-corrected chi connectivity index (χ1v) is 12.2. The zero-order chi connectivity index (χ0) is 25.7. The number of hydrogen-bond donors (Lipinski definition) is 3. The molecule has 1 aliphatic carbocycles. The van der Waals surface area contributed by atoms with Crippen LogP contribution >= 0.6 is 62.3 Å². The van der Waals surface area contributed by atoms with Crippen molar-refractivity contribution in [3.05, 3.63) is 85.8 Å². The first-order valence-electron chi connectivity index (χ1n) is 9.89. The predicted octanol–water partition coefficient (Wildman–Crippen LogP) is 7.39. The Morgan fingerprint density at radius 1 is 0.971 bits per heavy atom. The molecule has 1 aliphatic rings. The van der Waals surface area contributed by atoms with E-state index in [1.165, 1.54) is 18.2 Å². The Morgan fingerprint density at radius 2 is 1.69 bits per heavy atom. The van der Waals surface area contributed by atoms with Gasteiger partial charge in [0.25, 0.3) is 5.91 Å². The summed E-state index contributed by atoms with van der Waals surface area (Å²) in [6, 6.07) is 11.3. The van der Waals surface area contributed by atoms with Crippen molar-refractivity contribution in [1.82, 2.24) is 0 Å². The molecule has 4 N–H and O–H groups in total. The molecular formula is C23H14BrCl4F2N3O2. The van der Waals surface area contributed by atoms with Crippen LogP contribution in [0.15, 0.2) is 53.0 Å². The number of nitrogens with two attached hydrogens (primary N) is 1. The van der Waals surface area contributed by atoms with Gasteiger partial charge in [0.15, 0.2) is 5.82 Å². The van der Waals surface area contributed by atoms with E-state index in [9.17, 15) is 18.4 Å². The van der Waals surface area contributed by atoms with Crippen molar-refractivity contribution in [2.24, 2.45) is 5.92 Å². The van der Waals surface area contributed by atoms with Crippen LogP contribution in [0, 0.1) is 17.6 Å². The van der Waals surface area contributed by atoms with Gasteiger partial charge in [-0.3, -0.25) is 9.59 Å². The zero-order valence-electron chi connectivity index (χ0n) is 17.3. The maximum absolute atomic E-state index is 14.2. The van der Waals surface area contributed by atoms with Gasteiger partial charge in [-0.25, -0.2) is 8.78 Å². The van der Waals surface area contributed by atoms with E-state index in [1.54, 1.807) is 18.2 Å². The SMILES string of the molecule is Nc1c(F)ccc(NC(=O)c2cc(NC(=O)C3C(c4ccc(Br)c(Cl)c4)C3(Cl)Cl)ccc2Cl)c1F. The Labute approximate surface area is 227 Å². The Balaban J connectivity index is 1.52. The summed E-state index contributed by atoms with van der Waals surface area (Å²) in [4.78, 5) is 25.6. The fraction of sp³-hybridized carbons (Fsp3) is 0.130. The van der Waals surface area contributed by atoms with Gasteiger partial charge in [-0.1, -0.05) is 29.3 Å². The Kier molecular flexibility index (Phi) is 7.23. The van der Waals surface area contributed by atoms with Crippen molar-refractivity contribution in [2.45, 2.75) is 10.3 Å². The molecule has 0 aliphatic heterocycles. The highest BCUT2D eigenvalue weighted by atomic mass is 79.9. The molecule has 4 rings (SSSR count). The molecule has 2 amide bonds. The standard InChI is InChI=1S/C23H14BrCl4F2N3O2/c24-12-3-1-9(7-14(12)26)17-18(23(17,27)28)22(35)32-10-2-4-13(25)11(8-10)21(34)33-16-6-5-15(29)20(31)19(16)30/h1-8,17-18H,31H2,(H,32,35)(H,33,34). The minimum Gasteiger partial charge on any atom is -0.394 e. The molecule has 35 heavy (non-hydrogen) atoms. The molecule has 182 valence electrons. The van der Waals surface area contributed by atoms with Crippen LogP contribution in [0.5, 0.6) is 0 Å². The maximum atomic E-state index is 14.2. The molecule has 12 heteroatoms. The van der Waals surface area contributed by atoms with E-state index in [2.05, 4.69) is 26.6 Å². The van der Waals surface area contributed by atoms with Crippen LogP contribution < -0.4 is 16.4 Å². The van der Waals surface area contributed by atoms with Gasteiger partial charge in [-0.05, 0) is 64.0 Å². The zero-order valence-corrected chi connectivity index (χ0v) is 21.9. The highest BCUT2D eigenvalue weighted by molar-refractivity contribution is 9.10. The van der Waals surface area contributed by atoms with Gasteiger partial charge >= 0.3 is 0 Å². The molecule has 5 nitrogen and oxygen atoms in total. The van der Waals surface area contributed by atoms with Crippen LogP contribution in [0.25, 0.3) is 0 Å². The van der Waals surface area contributed by atoms with Crippen molar-refractivity contribution < 1.29 is 18.4 Å². The summed E-state index contributed by atoms with van der Waals surface area (Å²) in [6.45, 7) is 0. The fourth-order valence-electron chi connectivity index (χ4n) is 3.63. The average molecular weight is 624 g/mol. The van der Waals surface area contributed by atoms with Gasteiger partial charge in [0.1, 0.15) is 15.8 Å². The molecule has 0 spiro atoms. The molecule has 1 fully saturated rings. The number of alkyl halides is 2. The van der Waals surface area contributed by atoms with Crippen molar-refractivity contribution in [3.63, 3.8) is 0 Å². The number of anilines is 3. The van der Waals surface area contributed by atoms with E-state index in [0.717, 1.165) is 12.1 Å². The molecule has 0 aromatic heterocycles. The molecular weight excluding hydrogens is 610 g/mol. The van der Waals surface area contributed by atoms with Gasteiger partial charge in [0, 0.05) is 16.1 Å². The highest BCUT2D eigenvalue weighted by Gasteiger charge is 2.67. The third kappa shape index (κ3) is 5.08. The van der Waals surface area contributed by atoms with Gasteiger partial charge in [0.2, 0.25) is 5.91 Å². The van der Waals surface area contributed by atoms with Crippen molar-refractivity contribution in [2.75, 3.05) is 16.4 Å². The topological polar surface area (TPSA) is 84.2 Å². The molecule has 0 bridgehead atoms. The van der Waals surface area contributed by atoms with Gasteiger partial charge < -0.3 is 16.4 Å². The molecule has 2 atom stereocenters. The average Bonchev–Trinajstić information content (AvgIpc) is 3.39. The highest BCUT2D eigenvalue weighted by Crippen LogP contribution is 2.65. The lowest BCUT2D eigenvalue weighted by Crippen LogP contribution is -2.18. The second-order valence-electron chi connectivity index (χ2n) is 7.76. The fourth-order valence-corrected chi connectivity index (χ4v) is 5.09. The van der Waals surface area contributed by atoms with Gasteiger partial charge in [0.05, 0.1) is 27.2 Å². The minimum absolute atomic E-state index is 0.0360. The van der Waals surface area contributed by atoms with Crippen molar-refractivity contribution in [3.8, 4) is 0 Å². The van der Waals surface area contributed by atoms with Crippen molar-refractivity contribution >= 4 is 91.2 Å². The summed E-state index contributed by atoms with van der Waals surface area (Å²) in [7, 11) is 0. The van der Waals surface area contributed by atoms with Gasteiger partial charge in [-0.2, -0.15) is 0 Å². The van der Waals surface area contributed by atoms with E-state index in [-0.39, 0.29) is 22.0 Å². The van der Waals surface area contributed by atoms with Gasteiger partial charge in [-0.15, -0.1) is 23.2 Å². The Morgan fingerprint density at radius 3 is 2.37 bits per heavy atom. The van der Waals surface area contributed by atoms with Crippen LogP contribution in [0.2, 0.25) is 10.0 Å². The van der Waals surface area contributed by atoms with Crippen LogP contribution in [0.4, 0.5) is 25.8 Å². The van der Waals surface area contributed by atoms with E-state index in [4.69, 9.17) is 52.1 Å². The quantitative estimate of drug-likeness (QED) is 0.205. The molecule has 0 heterocycles. The molecule has 2 unspecified atom stereocenters. The van der Waals surface area contributed by atoms with Crippen LogP contribution in [-0.2, 0) is 4.79 Å². The first-order chi connectivity index (χ1) is 16.4.